The molecule has 1 heterocycles. The molecule has 1 amide bonds. The van der Waals surface area contributed by atoms with Crippen molar-refractivity contribution < 1.29 is 14.3 Å². The molecule has 6 heteroatoms. The minimum atomic E-state index is -0.0794. The van der Waals surface area contributed by atoms with Crippen LogP contribution in [0.25, 0.3) is 0 Å². The van der Waals surface area contributed by atoms with Crippen LogP contribution in [0, 0.1) is 5.92 Å². The second kappa shape index (κ2) is 10.8. The van der Waals surface area contributed by atoms with E-state index in [2.05, 4.69) is 24.1 Å². The Labute approximate surface area is 159 Å². The number of ether oxygens (including phenoxy) is 2. The number of nitrogens with zero attached hydrogens (tertiary/aromatic N) is 1. The van der Waals surface area contributed by atoms with Crippen LogP contribution in [0.1, 0.15) is 55.6 Å². The lowest BCUT2D eigenvalue weighted by molar-refractivity contribution is 0.0945. The number of unbranched alkanes of at least 4 members (excludes halogenated alkanes) is 1. The highest BCUT2D eigenvalue weighted by atomic mass is 32.1. The molecule has 0 aliphatic carbocycles. The zero-order chi connectivity index (χ0) is 18.8. The van der Waals surface area contributed by atoms with Crippen LogP contribution < -0.4 is 14.8 Å². The van der Waals surface area contributed by atoms with Crippen molar-refractivity contribution in [3.63, 3.8) is 0 Å². The molecule has 1 N–H and O–H groups in total. The molecule has 0 bridgehead atoms. The van der Waals surface area contributed by atoms with Gasteiger partial charge in [0, 0.05) is 17.5 Å². The lowest BCUT2D eigenvalue weighted by Crippen LogP contribution is -2.29. The lowest BCUT2D eigenvalue weighted by Gasteiger charge is -2.16. The van der Waals surface area contributed by atoms with Gasteiger partial charge in [0.2, 0.25) is 0 Å². The van der Waals surface area contributed by atoms with Gasteiger partial charge in [-0.1, -0.05) is 33.1 Å². The maximum atomic E-state index is 12.4. The van der Waals surface area contributed by atoms with Crippen LogP contribution in [0.3, 0.4) is 0 Å². The van der Waals surface area contributed by atoms with Crippen molar-refractivity contribution in [2.45, 2.75) is 46.1 Å². The number of thiazole rings is 1. The SMILES string of the molecule is CCCCC(CC)CNC(=O)c1ccc(OCc2cscn2)c(OC)c1. The molecule has 0 aliphatic rings. The van der Waals surface area contributed by atoms with E-state index in [1.165, 1.54) is 24.2 Å². The first-order chi connectivity index (χ1) is 12.7. The van der Waals surface area contributed by atoms with E-state index in [4.69, 9.17) is 9.47 Å². The normalized spacial score (nSPS) is 11.8. The minimum Gasteiger partial charge on any atom is -0.493 e. The van der Waals surface area contributed by atoms with Crippen LogP contribution in [-0.4, -0.2) is 24.5 Å². The number of amides is 1. The monoisotopic (exact) mass is 376 g/mol. The topological polar surface area (TPSA) is 60.5 Å². The summed E-state index contributed by atoms with van der Waals surface area (Å²) >= 11 is 1.53. The predicted octanol–water partition coefficient (Wildman–Crippen LogP) is 4.68. The van der Waals surface area contributed by atoms with Crippen LogP contribution in [0.5, 0.6) is 11.5 Å². The van der Waals surface area contributed by atoms with Crippen molar-refractivity contribution in [3.05, 3.63) is 40.3 Å². The van der Waals surface area contributed by atoms with E-state index in [1.54, 1.807) is 30.8 Å². The van der Waals surface area contributed by atoms with E-state index in [0.717, 1.165) is 18.5 Å². The summed E-state index contributed by atoms with van der Waals surface area (Å²) in [6, 6.07) is 5.26. The van der Waals surface area contributed by atoms with Gasteiger partial charge in [-0.15, -0.1) is 11.3 Å². The minimum absolute atomic E-state index is 0.0794. The van der Waals surface area contributed by atoms with Gasteiger partial charge in [-0.05, 0) is 30.5 Å². The van der Waals surface area contributed by atoms with Crippen LogP contribution in [0.2, 0.25) is 0 Å². The fourth-order valence-electron chi connectivity index (χ4n) is 2.67. The van der Waals surface area contributed by atoms with E-state index in [0.29, 0.717) is 36.1 Å². The third-order valence-electron chi connectivity index (χ3n) is 4.38. The Morgan fingerprint density at radius 1 is 1.31 bits per heavy atom. The molecule has 0 spiro atoms. The highest BCUT2D eigenvalue weighted by molar-refractivity contribution is 7.07. The van der Waals surface area contributed by atoms with Gasteiger partial charge < -0.3 is 14.8 Å². The molecular weight excluding hydrogens is 348 g/mol. The number of benzene rings is 1. The number of hydrogen-bond donors (Lipinski definition) is 1. The summed E-state index contributed by atoms with van der Waals surface area (Å²) in [7, 11) is 1.57. The van der Waals surface area contributed by atoms with Crippen molar-refractivity contribution >= 4 is 17.2 Å². The molecule has 1 aromatic heterocycles. The number of methoxy groups -OCH3 is 1. The Kier molecular flexibility index (Phi) is 8.41. The molecule has 0 fully saturated rings. The quantitative estimate of drug-likeness (QED) is 0.619. The summed E-state index contributed by atoms with van der Waals surface area (Å²) in [6.45, 7) is 5.44. The van der Waals surface area contributed by atoms with Gasteiger partial charge in [0.25, 0.3) is 5.91 Å². The summed E-state index contributed by atoms with van der Waals surface area (Å²) < 4.78 is 11.1. The van der Waals surface area contributed by atoms with E-state index in [-0.39, 0.29) is 5.91 Å². The van der Waals surface area contributed by atoms with Crippen LogP contribution >= 0.6 is 11.3 Å². The standard InChI is InChI=1S/C20H28N2O3S/c1-4-6-7-15(5-2)11-21-20(23)16-8-9-18(19(10-16)24-3)25-12-17-13-26-14-22-17/h8-10,13-15H,4-7,11-12H2,1-3H3,(H,21,23). The van der Waals surface area contributed by atoms with Crippen LogP contribution in [0.15, 0.2) is 29.1 Å². The molecular formula is C20H28N2O3S. The number of hydrogen-bond acceptors (Lipinski definition) is 5. The second-order valence-electron chi connectivity index (χ2n) is 6.26. The molecule has 26 heavy (non-hydrogen) atoms. The van der Waals surface area contributed by atoms with E-state index in [9.17, 15) is 4.79 Å². The molecule has 142 valence electrons. The first kappa shape index (κ1) is 20.2. The Balaban J connectivity index is 1.95. The highest BCUT2D eigenvalue weighted by Crippen LogP contribution is 2.29. The van der Waals surface area contributed by atoms with Gasteiger partial charge in [-0.3, -0.25) is 4.79 Å². The number of carbonyl (C=O) groups excluding carboxylic acids is 1. The molecule has 2 rings (SSSR count). The largest absolute Gasteiger partial charge is 0.493 e. The maximum Gasteiger partial charge on any atom is 0.251 e. The molecule has 1 aromatic carbocycles. The fourth-order valence-corrected chi connectivity index (χ4v) is 3.21. The van der Waals surface area contributed by atoms with Gasteiger partial charge >= 0.3 is 0 Å². The van der Waals surface area contributed by atoms with E-state index >= 15 is 0 Å². The third kappa shape index (κ3) is 6.02. The lowest BCUT2D eigenvalue weighted by atomic mass is 9.99. The smallest absolute Gasteiger partial charge is 0.251 e. The Morgan fingerprint density at radius 2 is 2.15 bits per heavy atom. The van der Waals surface area contributed by atoms with Gasteiger partial charge in [0.15, 0.2) is 11.5 Å². The molecule has 5 nitrogen and oxygen atoms in total. The number of rotatable bonds is 11. The molecule has 0 radical (unpaired) electrons. The molecule has 2 aromatic rings. The molecule has 0 saturated carbocycles. The average molecular weight is 377 g/mol. The molecule has 0 aliphatic heterocycles. The molecule has 1 atom stereocenters. The second-order valence-corrected chi connectivity index (χ2v) is 6.98. The van der Waals surface area contributed by atoms with Gasteiger partial charge in [-0.2, -0.15) is 0 Å². The van der Waals surface area contributed by atoms with Crippen molar-refractivity contribution in [1.29, 1.82) is 0 Å². The average Bonchev–Trinajstić information content (AvgIpc) is 3.19. The Morgan fingerprint density at radius 3 is 2.81 bits per heavy atom. The van der Waals surface area contributed by atoms with Crippen molar-refractivity contribution in [2.75, 3.05) is 13.7 Å². The summed E-state index contributed by atoms with van der Waals surface area (Å²) in [6.07, 6.45) is 4.62. The maximum absolute atomic E-state index is 12.4. The summed E-state index contributed by atoms with van der Waals surface area (Å²) in [5, 5.41) is 4.98. The van der Waals surface area contributed by atoms with Crippen molar-refractivity contribution in [2.24, 2.45) is 5.92 Å². The highest BCUT2D eigenvalue weighted by Gasteiger charge is 2.13. The Hall–Kier alpha value is -2.08. The Bertz CT molecular complexity index is 674. The van der Waals surface area contributed by atoms with Crippen LogP contribution in [0.4, 0.5) is 0 Å². The van der Waals surface area contributed by atoms with Gasteiger partial charge in [0.1, 0.15) is 6.61 Å². The summed E-state index contributed by atoms with van der Waals surface area (Å²) in [5.41, 5.74) is 3.22. The van der Waals surface area contributed by atoms with Gasteiger partial charge in [0.05, 0.1) is 18.3 Å². The van der Waals surface area contributed by atoms with Crippen molar-refractivity contribution in [3.8, 4) is 11.5 Å². The van der Waals surface area contributed by atoms with Crippen LogP contribution in [-0.2, 0) is 6.61 Å². The number of nitrogens with one attached hydrogen (secondary N) is 1. The van der Waals surface area contributed by atoms with E-state index < -0.39 is 0 Å². The first-order valence-electron chi connectivity index (χ1n) is 9.14. The number of aromatic nitrogens is 1. The fraction of sp³-hybridized carbons (Fsp3) is 0.500. The van der Waals surface area contributed by atoms with E-state index in [1.807, 2.05) is 5.38 Å². The summed E-state index contributed by atoms with van der Waals surface area (Å²) in [4.78, 5) is 16.6. The van der Waals surface area contributed by atoms with Crippen molar-refractivity contribution in [1.82, 2.24) is 10.3 Å². The first-order valence-corrected chi connectivity index (χ1v) is 10.1. The number of carbonyl (C=O) groups is 1. The van der Waals surface area contributed by atoms with Gasteiger partial charge in [-0.25, -0.2) is 4.98 Å². The third-order valence-corrected chi connectivity index (χ3v) is 5.01. The molecule has 0 saturated heterocycles. The zero-order valence-electron chi connectivity index (χ0n) is 15.8. The molecule has 1 unspecified atom stereocenters. The zero-order valence-corrected chi connectivity index (χ0v) is 16.6. The summed E-state index contributed by atoms with van der Waals surface area (Å²) in [5.74, 6) is 1.60. The predicted molar refractivity (Wildman–Crippen MR) is 105 cm³/mol.